The highest BCUT2D eigenvalue weighted by molar-refractivity contribution is 6.06. The monoisotopic (exact) mass is 527 g/mol. The smallest absolute Gasteiger partial charge is 0.315 e. The predicted molar refractivity (Wildman–Crippen MR) is 149 cm³/mol. The Kier molecular flexibility index (Phi) is 6.93. The number of hydrogen-bond donors (Lipinski definition) is 1. The van der Waals surface area contributed by atoms with Crippen molar-refractivity contribution in [2.45, 2.75) is 46.5 Å². The standard InChI is InChI=1S/C32H33NO6/c1-6-25(35)39-23-15-13-19(16-24(23)38-7-2)26-27-20-11-9-8-10-18(20)12-14-21(27)33-30-28(26)22(34)17-32(3,4)29(30)31(36)37-5/h8-16,26,29,33H,6-7,17H2,1-5H3/t26-,29-/m0/s1. The maximum absolute atomic E-state index is 13.9. The molecule has 3 aromatic rings. The van der Waals surface area contributed by atoms with Crippen molar-refractivity contribution in [3.8, 4) is 11.5 Å². The summed E-state index contributed by atoms with van der Waals surface area (Å²) < 4.78 is 16.7. The van der Waals surface area contributed by atoms with Crippen LogP contribution < -0.4 is 14.8 Å². The number of hydrogen-bond acceptors (Lipinski definition) is 7. The molecule has 0 unspecified atom stereocenters. The van der Waals surface area contributed by atoms with E-state index in [1.54, 1.807) is 13.0 Å². The molecule has 0 saturated carbocycles. The molecule has 0 saturated heterocycles. The average Bonchev–Trinajstić information content (AvgIpc) is 2.92. The van der Waals surface area contributed by atoms with Crippen molar-refractivity contribution in [3.05, 3.63) is 77.0 Å². The van der Waals surface area contributed by atoms with E-state index in [4.69, 9.17) is 14.2 Å². The van der Waals surface area contributed by atoms with Crippen LogP contribution in [-0.2, 0) is 19.1 Å². The minimum atomic E-state index is -0.645. The largest absolute Gasteiger partial charge is 0.490 e. The number of carbonyl (C=O) groups excluding carboxylic acids is 3. The molecule has 3 aromatic carbocycles. The number of anilines is 1. The maximum atomic E-state index is 13.9. The average molecular weight is 528 g/mol. The molecule has 0 radical (unpaired) electrons. The Balaban J connectivity index is 1.79. The zero-order chi connectivity index (χ0) is 27.9. The third-order valence-corrected chi connectivity index (χ3v) is 7.64. The van der Waals surface area contributed by atoms with Gasteiger partial charge in [0, 0.05) is 35.7 Å². The van der Waals surface area contributed by atoms with E-state index in [1.165, 1.54) is 7.11 Å². The summed E-state index contributed by atoms with van der Waals surface area (Å²) in [6.07, 6.45) is 0.435. The minimum absolute atomic E-state index is 0.0225. The Hall–Kier alpha value is -4.13. The first-order valence-electron chi connectivity index (χ1n) is 13.3. The second-order valence-corrected chi connectivity index (χ2v) is 10.6. The number of ether oxygens (including phenoxy) is 3. The Morgan fingerprint density at radius 2 is 1.79 bits per heavy atom. The molecule has 5 rings (SSSR count). The summed E-state index contributed by atoms with van der Waals surface area (Å²) in [5.74, 6) is -1.14. The van der Waals surface area contributed by atoms with E-state index in [2.05, 4.69) is 5.32 Å². The number of esters is 2. The van der Waals surface area contributed by atoms with Crippen LogP contribution in [-0.4, -0.2) is 31.4 Å². The maximum Gasteiger partial charge on any atom is 0.315 e. The highest BCUT2D eigenvalue weighted by atomic mass is 16.6. The van der Waals surface area contributed by atoms with Gasteiger partial charge in [-0.15, -0.1) is 0 Å². The molecular formula is C32H33NO6. The molecule has 2 aliphatic rings. The molecule has 0 fully saturated rings. The van der Waals surface area contributed by atoms with E-state index in [0.717, 1.165) is 27.6 Å². The van der Waals surface area contributed by atoms with E-state index >= 15 is 0 Å². The predicted octanol–water partition coefficient (Wildman–Crippen LogP) is 6.15. The van der Waals surface area contributed by atoms with E-state index in [0.29, 0.717) is 29.4 Å². The summed E-state index contributed by atoms with van der Waals surface area (Å²) in [5, 5.41) is 5.53. The third kappa shape index (κ3) is 4.56. The van der Waals surface area contributed by atoms with Gasteiger partial charge in [0.1, 0.15) is 5.92 Å². The number of allylic oxidation sites excluding steroid dienone is 1. The Morgan fingerprint density at radius 3 is 2.51 bits per heavy atom. The number of nitrogens with one attached hydrogen (secondary N) is 1. The summed E-state index contributed by atoms with van der Waals surface area (Å²) in [5.41, 5.74) is 3.08. The van der Waals surface area contributed by atoms with Gasteiger partial charge < -0.3 is 19.5 Å². The molecule has 7 heteroatoms. The summed E-state index contributed by atoms with van der Waals surface area (Å²) in [6, 6.07) is 17.5. The van der Waals surface area contributed by atoms with Crippen molar-refractivity contribution in [1.82, 2.24) is 0 Å². The molecule has 0 aromatic heterocycles. The molecule has 1 aliphatic carbocycles. The van der Waals surface area contributed by atoms with Crippen molar-refractivity contribution < 1.29 is 28.6 Å². The molecule has 39 heavy (non-hydrogen) atoms. The fourth-order valence-electron chi connectivity index (χ4n) is 5.91. The van der Waals surface area contributed by atoms with Crippen LogP contribution in [0.2, 0.25) is 0 Å². The van der Waals surface area contributed by atoms with E-state index in [9.17, 15) is 14.4 Å². The normalized spacial score (nSPS) is 19.6. The first-order chi connectivity index (χ1) is 18.7. The van der Waals surface area contributed by atoms with Gasteiger partial charge in [0.2, 0.25) is 0 Å². The van der Waals surface area contributed by atoms with Gasteiger partial charge in [-0.05, 0) is 52.4 Å². The Morgan fingerprint density at radius 1 is 1.03 bits per heavy atom. The van der Waals surface area contributed by atoms with Crippen LogP contribution in [0, 0.1) is 11.3 Å². The van der Waals surface area contributed by atoms with E-state index in [-0.39, 0.29) is 30.6 Å². The minimum Gasteiger partial charge on any atom is -0.490 e. The van der Waals surface area contributed by atoms with Gasteiger partial charge in [0.25, 0.3) is 0 Å². The summed E-state index contributed by atoms with van der Waals surface area (Å²) in [4.78, 5) is 39.2. The first kappa shape index (κ1) is 26.5. The molecule has 7 nitrogen and oxygen atoms in total. The van der Waals surface area contributed by atoms with Crippen LogP contribution in [0.4, 0.5) is 5.69 Å². The second kappa shape index (κ2) is 10.2. The second-order valence-electron chi connectivity index (χ2n) is 10.6. The van der Waals surface area contributed by atoms with Gasteiger partial charge >= 0.3 is 11.9 Å². The Bertz CT molecular complexity index is 1520. The SMILES string of the molecule is CCOc1cc([C@@H]2C3=C(Nc4ccc5ccccc5c42)[C@@H](C(=O)OC)C(C)(C)CC3=O)ccc1OC(=O)CC. The quantitative estimate of drug-likeness (QED) is 0.304. The molecule has 0 amide bonds. The molecule has 0 spiro atoms. The van der Waals surface area contributed by atoms with Crippen molar-refractivity contribution in [2.75, 3.05) is 19.0 Å². The lowest BCUT2D eigenvalue weighted by Crippen LogP contribution is -2.44. The number of Topliss-reactive ketones (excluding diaryl/α,β-unsaturated/α-hetero) is 1. The molecule has 2 atom stereocenters. The summed E-state index contributed by atoms with van der Waals surface area (Å²) in [6.45, 7) is 7.81. The molecule has 0 bridgehead atoms. The van der Waals surface area contributed by atoms with Gasteiger partial charge in [-0.3, -0.25) is 14.4 Å². The Labute approximate surface area is 228 Å². The molecule has 1 heterocycles. The number of rotatable bonds is 6. The van der Waals surface area contributed by atoms with Crippen LogP contribution in [0.1, 0.15) is 57.6 Å². The van der Waals surface area contributed by atoms with Crippen LogP contribution >= 0.6 is 0 Å². The van der Waals surface area contributed by atoms with Gasteiger partial charge in [-0.1, -0.05) is 57.2 Å². The van der Waals surface area contributed by atoms with Crippen LogP contribution in [0.3, 0.4) is 0 Å². The van der Waals surface area contributed by atoms with E-state index < -0.39 is 17.3 Å². The number of carbonyl (C=O) groups is 3. The van der Waals surface area contributed by atoms with Crippen LogP contribution in [0.5, 0.6) is 11.5 Å². The van der Waals surface area contributed by atoms with Gasteiger partial charge in [0.05, 0.1) is 13.7 Å². The summed E-state index contributed by atoms with van der Waals surface area (Å²) in [7, 11) is 1.38. The number of ketones is 1. The number of benzene rings is 3. The van der Waals surface area contributed by atoms with Gasteiger partial charge in [-0.2, -0.15) is 0 Å². The van der Waals surface area contributed by atoms with Gasteiger partial charge in [-0.25, -0.2) is 0 Å². The highest BCUT2D eigenvalue weighted by Gasteiger charge is 2.50. The van der Waals surface area contributed by atoms with Crippen molar-refractivity contribution >= 4 is 34.2 Å². The zero-order valence-corrected chi connectivity index (χ0v) is 22.9. The van der Waals surface area contributed by atoms with Crippen LogP contribution in [0.25, 0.3) is 10.8 Å². The van der Waals surface area contributed by atoms with Gasteiger partial charge in [0.15, 0.2) is 17.3 Å². The zero-order valence-electron chi connectivity index (χ0n) is 22.9. The molecule has 1 aliphatic heterocycles. The fraction of sp³-hybridized carbons (Fsp3) is 0.344. The van der Waals surface area contributed by atoms with Crippen molar-refractivity contribution in [2.24, 2.45) is 11.3 Å². The summed E-state index contributed by atoms with van der Waals surface area (Å²) >= 11 is 0. The number of methoxy groups -OCH3 is 1. The van der Waals surface area contributed by atoms with Crippen molar-refractivity contribution in [3.63, 3.8) is 0 Å². The van der Waals surface area contributed by atoms with E-state index in [1.807, 2.05) is 69.3 Å². The lowest BCUT2D eigenvalue weighted by molar-refractivity contribution is -0.148. The lowest BCUT2D eigenvalue weighted by Gasteiger charge is -2.44. The lowest BCUT2D eigenvalue weighted by atomic mass is 9.63. The molecule has 202 valence electrons. The highest BCUT2D eigenvalue weighted by Crippen LogP contribution is 2.54. The molecular weight excluding hydrogens is 494 g/mol. The molecule has 1 N–H and O–H groups in total. The number of fused-ring (bicyclic) bond motifs is 3. The fourth-order valence-corrected chi connectivity index (χ4v) is 5.91. The topological polar surface area (TPSA) is 90.9 Å². The third-order valence-electron chi connectivity index (χ3n) is 7.64. The van der Waals surface area contributed by atoms with Crippen LogP contribution in [0.15, 0.2) is 65.9 Å². The first-order valence-corrected chi connectivity index (χ1v) is 13.3. The van der Waals surface area contributed by atoms with Crippen molar-refractivity contribution in [1.29, 1.82) is 0 Å².